The van der Waals surface area contributed by atoms with Gasteiger partial charge in [0.05, 0.1) is 11.4 Å². The molecule has 0 fully saturated rings. The van der Waals surface area contributed by atoms with Crippen molar-refractivity contribution in [2.24, 2.45) is 0 Å². The maximum atomic E-state index is 13.3. The van der Waals surface area contributed by atoms with E-state index in [4.69, 9.17) is 32.7 Å². The molecule has 0 bridgehead atoms. The van der Waals surface area contributed by atoms with Crippen molar-refractivity contribution < 1.29 is 22.7 Å². The number of hydrogen-bond donors (Lipinski definition) is 1. The van der Waals surface area contributed by atoms with Gasteiger partial charge in [0.2, 0.25) is 22.7 Å². The van der Waals surface area contributed by atoms with E-state index in [0.717, 1.165) is 9.87 Å². The van der Waals surface area contributed by atoms with Crippen LogP contribution >= 0.6 is 23.2 Å². The summed E-state index contributed by atoms with van der Waals surface area (Å²) in [6.45, 7) is -0.0933. The Morgan fingerprint density at radius 2 is 1.70 bits per heavy atom. The van der Waals surface area contributed by atoms with E-state index in [1.54, 1.807) is 42.5 Å². The molecule has 172 valence electrons. The van der Waals surface area contributed by atoms with Gasteiger partial charge in [-0.25, -0.2) is 8.42 Å². The number of benzene rings is 3. The molecule has 3 aromatic carbocycles. The van der Waals surface area contributed by atoms with Crippen molar-refractivity contribution in [3.05, 3.63) is 87.9 Å². The Morgan fingerprint density at radius 3 is 2.45 bits per heavy atom. The Bertz CT molecular complexity index is 1270. The molecule has 0 aliphatic carbocycles. The van der Waals surface area contributed by atoms with Crippen LogP contribution < -0.4 is 14.8 Å². The molecule has 0 saturated carbocycles. The van der Waals surface area contributed by atoms with Crippen molar-refractivity contribution in [1.82, 2.24) is 9.62 Å². The molecular weight excluding hydrogens is 487 g/mol. The summed E-state index contributed by atoms with van der Waals surface area (Å²) in [6.07, 6.45) is 0. The molecule has 33 heavy (non-hydrogen) atoms. The van der Waals surface area contributed by atoms with E-state index < -0.39 is 15.9 Å². The van der Waals surface area contributed by atoms with Gasteiger partial charge in [0, 0.05) is 23.1 Å². The molecule has 0 aromatic heterocycles. The Hall–Kier alpha value is -2.78. The van der Waals surface area contributed by atoms with Crippen LogP contribution in [0.25, 0.3) is 0 Å². The third-order valence-corrected chi connectivity index (χ3v) is 7.43. The number of hydrogen-bond acceptors (Lipinski definition) is 5. The monoisotopic (exact) mass is 506 g/mol. The van der Waals surface area contributed by atoms with Crippen LogP contribution in [0, 0.1) is 0 Å². The average molecular weight is 507 g/mol. The standard InChI is InChI=1S/C23H20Cl2N2O5S/c24-18-6-8-19(9-7-18)33(29,30)27(13-17-3-1-2-4-20(17)25)14-23(28)26-12-16-5-10-21-22(11-16)32-15-31-21/h1-11H,12-15H2,(H,26,28). The van der Waals surface area contributed by atoms with Crippen molar-refractivity contribution in [1.29, 1.82) is 0 Å². The lowest BCUT2D eigenvalue weighted by Gasteiger charge is -2.22. The minimum atomic E-state index is -4.00. The van der Waals surface area contributed by atoms with Crippen LogP contribution in [-0.4, -0.2) is 32.0 Å². The fourth-order valence-electron chi connectivity index (χ4n) is 3.27. The quantitative estimate of drug-likeness (QED) is 0.494. The molecule has 0 saturated heterocycles. The van der Waals surface area contributed by atoms with Crippen LogP contribution in [0.2, 0.25) is 10.0 Å². The first-order valence-electron chi connectivity index (χ1n) is 9.97. The minimum Gasteiger partial charge on any atom is -0.454 e. The third-order valence-electron chi connectivity index (χ3n) is 5.00. The lowest BCUT2D eigenvalue weighted by Crippen LogP contribution is -2.40. The average Bonchev–Trinajstić information content (AvgIpc) is 3.27. The molecule has 0 radical (unpaired) electrons. The lowest BCUT2D eigenvalue weighted by atomic mass is 10.2. The van der Waals surface area contributed by atoms with Crippen LogP contribution in [-0.2, 0) is 27.9 Å². The zero-order valence-corrected chi connectivity index (χ0v) is 19.7. The van der Waals surface area contributed by atoms with Gasteiger partial charge in [-0.15, -0.1) is 0 Å². The van der Waals surface area contributed by atoms with Crippen LogP contribution in [0.1, 0.15) is 11.1 Å². The summed E-state index contributed by atoms with van der Waals surface area (Å²) in [5.41, 5.74) is 1.38. The number of nitrogens with one attached hydrogen (secondary N) is 1. The summed E-state index contributed by atoms with van der Waals surface area (Å²) >= 11 is 12.2. The third kappa shape index (κ3) is 5.59. The number of sulfonamides is 1. The second kappa shape index (κ2) is 10.0. The van der Waals surface area contributed by atoms with Crippen LogP contribution in [0.15, 0.2) is 71.6 Å². The number of carbonyl (C=O) groups excluding carboxylic acids is 1. The van der Waals surface area contributed by atoms with Crippen LogP contribution in [0.4, 0.5) is 0 Å². The normalized spacial score (nSPS) is 12.7. The Labute approximate surface area is 201 Å². The van der Waals surface area contributed by atoms with Gasteiger partial charge in [-0.2, -0.15) is 4.31 Å². The van der Waals surface area contributed by atoms with Gasteiger partial charge in [0.15, 0.2) is 11.5 Å². The molecule has 1 aliphatic heterocycles. The number of halogens is 2. The Kier molecular flexibility index (Phi) is 7.09. The molecule has 1 amide bonds. The van der Waals surface area contributed by atoms with Gasteiger partial charge in [-0.3, -0.25) is 4.79 Å². The summed E-state index contributed by atoms with van der Waals surface area (Å²) in [5.74, 6) is 0.787. The highest BCUT2D eigenvalue weighted by atomic mass is 35.5. The number of fused-ring (bicyclic) bond motifs is 1. The second-order valence-electron chi connectivity index (χ2n) is 7.28. The maximum Gasteiger partial charge on any atom is 0.243 e. The largest absolute Gasteiger partial charge is 0.454 e. The zero-order chi connectivity index (χ0) is 23.4. The predicted molar refractivity (Wildman–Crippen MR) is 125 cm³/mol. The van der Waals surface area contributed by atoms with E-state index in [2.05, 4.69) is 5.32 Å². The minimum absolute atomic E-state index is 0.0301. The highest BCUT2D eigenvalue weighted by Crippen LogP contribution is 2.32. The van der Waals surface area contributed by atoms with Gasteiger partial charge in [-0.05, 0) is 53.6 Å². The molecule has 10 heteroatoms. The molecule has 7 nitrogen and oxygen atoms in total. The molecular formula is C23H20Cl2N2O5S. The number of carbonyl (C=O) groups is 1. The fraction of sp³-hybridized carbons (Fsp3) is 0.174. The second-order valence-corrected chi connectivity index (χ2v) is 10.1. The van der Waals surface area contributed by atoms with Gasteiger partial charge in [0.1, 0.15) is 0 Å². The fourth-order valence-corrected chi connectivity index (χ4v) is 4.96. The first-order chi connectivity index (χ1) is 15.8. The van der Waals surface area contributed by atoms with E-state index >= 15 is 0 Å². The molecule has 0 unspecified atom stereocenters. The van der Waals surface area contributed by atoms with E-state index in [9.17, 15) is 13.2 Å². The van der Waals surface area contributed by atoms with Crippen molar-refractivity contribution in [2.75, 3.05) is 13.3 Å². The van der Waals surface area contributed by atoms with E-state index in [1.807, 2.05) is 0 Å². The van der Waals surface area contributed by atoms with Gasteiger partial charge in [0.25, 0.3) is 0 Å². The molecule has 0 spiro atoms. The van der Waals surface area contributed by atoms with Crippen LogP contribution in [0.5, 0.6) is 11.5 Å². The topological polar surface area (TPSA) is 84.9 Å². The SMILES string of the molecule is O=C(CN(Cc1ccccc1Cl)S(=O)(=O)c1ccc(Cl)cc1)NCc1ccc2c(c1)OCO2. The maximum absolute atomic E-state index is 13.3. The lowest BCUT2D eigenvalue weighted by molar-refractivity contribution is -0.121. The molecule has 1 heterocycles. The van der Waals surface area contributed by atoms with E-state index in [-0.39, 0.29) is 31.3 Å². The molecule has 4 rings (SSSR count). The van der Waals surface area contributed by atoms with Crippen molar-refractivity contribution in [2.45, 2.75) is 18.0 Å². The molecule has 0 atom stereocenters. The highest BCUT2D eigenvalue weighted by molar-refractivity contribution is 7.89. The molecule has 1 N–H and O–H groups in total. The first kappa shape index (κ1) is 23.4. The number of rotatable bonds is 8. The predicted octanol–water partition coefficient (Wildman–Crippen LogP) is 4.23. The summed E-state index contributed by atoms with van der Waals surface area (Å²) in [6, 6.07) is 18.0. The van der Waals surface area contributed by atoms with Gasteiger partial charge < -0.3 is 14.8 Å². The Morgan fingerprint density at radius 1 is 0.970 bits per heavy atom. The Balaban J connectivity index is 1.51. The van der Waals surface area contributed by atoms with Crippen molar-refractivity contribution in [3.8, 4) is 11.5 Å². The van der Waals surface area contributed by atoms with Gasteiger partial charge >= 0.3 is 0 Å². The molecule has 3 aromatic rings. The van der Waals surface area contributed by atoms with E-state index in [1.165, 1.54) is 24.3 Å². The number of amides is 1. The van der Waals surface area contributed by atoms with E-state index in [0.29, 0.717) is 27.1 Å². The van der Waals surface area contributed by atoms with Crippen molar-refractivity contribution in [3.63, 3.8) is 0 Å². The summed E-state index contributed by atoms with van der Waals surface area (Å²) in [5, 5.41) is 3.58. The summed E-state index contributed by atoms with van der Waals surface area (Å²) < 4.78 is 38.4. The summed E-state index contributed by atoms with van der Waals surface area (Å²) in [4.78, 5) is 12.8. The molecule has 1 aliphatic rings. The number of ether oxygens (including phenoxy) is 2. The zero-order valence-electron chi connectivity index (χ0n) is 17.3. The van der Waals surface area contributed by atoms with Gasteiger partial charge in [-0.1, -0.05) is 47.5 Å². The van der Waals surface area contributed by atoms with Crippen molar-refractivity contribution >= 4 is 39.1 Å². The smallest absolute Gasteiger partial charge is 0.243 e. The van der Waals surface area contributed by atoms with Crippen LogP contribution in [0.3, 0.4) is 0 Å². The first-order valence-corrected chi connectivity index (χ1v) is 12.2. The highest BCUT2D eigenvalue weighted by Gasteiger charge is 2.27. The number of nitrogens with zero attached hydrogens (tertiary/aromatic N) is 1. The summed E-state index contributed by atoms with van der Waals surface area (Å²) in [7, 11) is -4.00.